The molecule has 22 heavy (non-hydrogen) atoms. The summed E-state index contributed by atoms with van der Waals surface area (Å²) in [6, 6.07) is 12.1. The molecule has 0 aliphatic heterocycles. The number of carbonyl (C=O) groups is 2. The Balaban J connectivity index is 1.95. The van der Waals surface area contributed by atoms with Crippen LogP contribution < -0.4 is 5.32 Å². The zero-order valence-electron chi connectivity index (χ0n) is 11.7. The highest BCUT2D eigenvalue weighted by atomic mass is 35.5. The maximum atomic E-state index is 11.7. The molecule has 1 N–H and O–H groups in total. The molecule has 0 aliphatic rings. The number of benzene rings is 1. The second kappa shape index (κ2) is 7.42. The quantitative estimate of drug-likeness (QED) is 0.691. The van der Waals surface area contributed by atoms with Gasteiger partial charge in [0, 0.05) is 0 Å². The van der Waals surface area contributed by atoms with Gasteiger partial charge in [0.1, 0.15) is 12.3 Å². The number of ether oxygens (including phenoxy) is 2. The number of nitrogens with zero attached hydrogens (tertiary/aromatic N) is 1. The molecule has 0 atom stereocenters. The average molecular weight is 321 g/mol. The predicted octanol–water partition coefficient (Wildman–Crippen LogP) is 3.27. The van der Waals surface area contributed by atoms with Crippen LogP contribution in [0.4, 0.5) is 10.5 Å². The zero-order chi connectivity index (χ0) is 15.9. The number of rotatable bonds is 4. The van der Waals surface area contributed by atoms with Crippen LogP contribution >= 0.6 is 11.6 Å². The van der Waals surface area contributed by atoms with Crippen LogP contribution in [0.1, 0.15) is 16.1 Å². The van der Waals surface area contributed by atoms with Crippen LogP contribution in [-0.4, -0.2) is 24.2 Å². The first kappa shape index (κ1) is 15.8. The van der Waals surface area contributed by atoms with E-state index in [4.69, 9.17) is 16.3 Å². The Morgan fingerprint density at radius 3 is 2.55 bits per heavy atom. The van der Waals surface area contributed by atoms with E-state index in [1.807, 2.05) is 30.3 Å². The highest BCUT2D eigenvalue weighted by molar-refractivity contribution is 6.32. The Labute approximate surface area is 132 Å². The van der Waals surface area contributed by atoms with Gasteiger partial charge in [-0.25, -0.2) is 14.6 Å². The summed E-state index contributed by atoms with van der Waals surface area (Å²) in [4.78, 5) is 26.8. The number of esters is 1. The van der Waals surface area contributed by atoms with Gasteiger partial charge in [-0.2, -0.15) is 0 Å². The predicted molar refractivity (Wildman–Crippen MR) is 80.8 cm³/mol. The van der Waals surface area contributed by atoms with Gasteiger partial charge in [-0.15, -0.1) is 0 Å². The molecule has 0 unspecified atom stereocenters. The highest BCUT2D eigenvalue weighted by Crippen LogP contribution is 2.20. The minimum Gasteiger partial charge on any atom is -0.464 e. The van der Waals surface area contributed by atoms with Gasteiger partial charge in [-0.3, -0.25) is 5.32 Å². The first-order chi connectivity index (χ1) is 10.6. The number of carbonyl (C=O) groups excluding carboxylic acids is 2. The van der Waals surface area contributed by atoms with E-state index in [2.05, 4.69) is 15.0 Å². The van der Waals surface area contributed by atoms with Crippen molar-refractivity contribution >= 4 is 29.4 Å². The summed E-state index contributed by atoms with van der Waals surface area (Å²) in [7, 11) is 1.24. The molecule has 2 aromatic rings. The number of hydrogen-bond donors (Lipinski definition) is 1. The minimum absolute atomic E-state index is 0.0282. The molecule has 0 spiro atoms. The van der Waals surface area contributed by atoms with E-state index in [0.29, 0.717) is 0 Å². The third kappa shape index (κ3) is 4.20. The van der Waals surface area contributed by atoms with Crippen LogP contribution in [0.15, 0.2) is 42.5 Å². The lowest BCUT2D eigenvalue weighted by Crippen LogP contribution is -2.14. The molecule has 0 saturated carbocycles. The first-order valence-corrected chi connectivity index (χ1v) is 6.70. The minimum atomic E-state index is -0.668. The molecule has 1 heterocycles. The van der Waals surface area contributed by atoms with Crippen LogP contribution in [0.25, 0.3) is 0 Å². The topological polar surface area (TPSA) is 77.5 Å². The Morgan fingerprint density at radius 2 is 1.91 bits per heavy atom. The van der Waals surface area contributed by atoms with Crippen molar-refractivity contribution in [1.82, 2.24) is 4.98 Å². The largest absolute Gasteiger partial charge is 0.464 e. The van der Waals surface area contributed by atoms with E-state index < -0.39 is 12.1 Å². The number of nitrogens with one attached hydrogen (secondary N) is 1. The molecule has 0 aliphatic carbocycles. The van der Waals surface area contributed by atoms with Crippen LogP contribution in [0.2, 0.25) is 5.15 Å². The van der Waals surface area contributed by atoms with Gasteiger partial charge in [0.25, 0.3) is 0 Å². The van der Waals surface area contributed by atoms with Crippen LogP contribution in [0.3, 0.4) is 0 Å². The lowest BCUT2D eigenvalue weighted by Gasteiger charge is -2.08. The Bertz CT molecular complexity index is 676. The van der Waals surface area contributed by atoms with E-state index in [9.17, 15) is 9.59 Å². The van der Waals surface area contributed by atoms with E-state index in [1.165, 1.54) is 19.2 Å². The van der Waals surface area contributed by atoms with Crippen molar-refractivity contribution in [1.29, 1.82) is 0 Å². The van der Waals surface area contributed by atoms with Gasteiger partial charge in [-0.05, 0) is 17.7 Å². The van der Waals surface area contributed by atoms with E-state index in [-0.39, 0.29) is 23.1 Å². The van der Waals surface area contributed by atoms with Gasteiger partial charge >= 0.3 is 12.1 Å². The van der Waals surface area contributed by atoms with Crippen LogP contribution in [0, 0.1) is 0 Å². The van der Waals surface area contributed by atoms with Crippen molar-refractivity contribution in [3.63, 3.8) is 0 Å². The van der Waals surface area contributed by atoms with E-state index in [1.54, 1.807) is 0 Å². The summed E-state index contributed by atoms with van der Waals surface area (Å²) in [5.74, 6) is -0.611. The lowest BCUT2D eigenvalue weighted by molar-refractivity contribution is 0.0594. The fraction of sp³-hybridized carbons (Fsp3) is 0.133. The number of aromatic nitrogens is 1. The van der Waals surface area contributed by atoms with Gasteiger partial charge in [0.05, 0.1) is 12.8 Å². The summed E-state index contributed by atoms with van der Waals surface area (Å²) in [6.45, 7) is 0.137. The number of anilines is 1. The van der Waals surface area contributed by atoms with Gasteiger partial charge < -0.3 is 9.47 Å². The summed E-state index contributed by atoms with van der Waals surface area (Å²) >= 11 is 5.90. The van der Waals surface area contributed by atoms with Gasteiger partial charge in [0.2, 0.25) is 0 Å². The molecule has 1 amide bonds. The Morgan fingerprint density at radius 1 is 1.18 bits per heavy atom. The maximum Gasteiger partial charge on any atom is 0.412 e. The third-order valence-electron chi connectivity index (χ3n) is 2.69. The van der Waals surface area contributed by atoms with Crippen molar-refractivity contribution in [3.05, 3.63) is 58.9 Å². The third-order valence-corrected chi connectivity index (χ3v) is 2.98. The highest BCUT2D eigenvalue weighted by Gasteiger charge is 2.12. The molecule has 2 rings (SSSR count). The van der Waals surface area contributed by atoms with Crippen molar-refractivity contribution in [2.45, 2.75) is 6.61 Å². The number of methoxy groups -OCH3 is 1. The van der Waals surface area contributed by atoms with E-state index in [0.717, 1.165) is 5.56 Å². The zero-order valence-corrected chi connectivity index (χ0v) is 12.5. The summed E-state index contributed by atoms with van der Waals surface area (Å²) in [5.41, 5.74) is 1.16. The fourth-order valence-corrected chi connectivity index (χ4v) is 1.82. The number of halogens is 1. The monoisotopic (exact) mass is 320 g/mol. The number of pyridine rings is 1. The number of amides is 1. The molecule has 7 heteroatoms. The summed E-state index contributed by atoms with van der Waals surface area (Å²) in [6.07, 6.45) is -0.668. The summed E-state index contributed by atoms with van der Waals surface area (Å²) < 4.78 is 9.59. The van der Waals surface area contributed by atoms with Crippen molar-refractivity contribution in [3.8, 4) is 0 Å². The molecule has 1 aromatic carbocycles. The Hall–Kier alpha value is -2.60. The normalized spacial score (nSPS) is 9.91. The van der Waals surface area contributed by atoms with Crippen molar-refractivity contribution in [2.75, 3.05) is 12.4 Å². The van der Waals surface area contributed by atoms with E-state index >= 15 is 0 Å². The standard InChI is InChI=1S/C15H13ClN2O4/c1-21-14(19)12-8-7-11(13(16)17-12)18-15(20)22-9-10-5-3-2-4-6-10/h2-8H,9H2,1H3,(H,18,20). The SMILES string of the molecule is COC(=O)c1ccc(NC(=O)OCc2ccccc2)c(Cl)n1. The smallest absolute Gasteiger partial charge is 0.412 e. The average Bonchev–Trinajstić information content (AvgIpc) is 2.55. The summed E-state index contributed by atoms with van der Waals surface area (Å²) in [5, 5.41) is 2.43. The molecule has 0 saturated heterocycles. The van der Waals surface area contributed by atoms with Crippen molar-refractivity contribution < 1.29 is 19.1 Å². The maximum absolute atomic E-state index is 11.7. The molecule has 0 bridgehead atoms. The van der Waals surface area contributed by atoms with Gasteiger partial charge in [0.15, 0.2) is 5.15 Å². The molecule has 0 fully saturated rings. The number of hydrogen-bond acceptors (Lipinski definition) is 5. The molecular formula is C15H13ClN2O4. The molecule has 6 nitrogen and oxygen atoms in total. The molecule has 114 valence electrons. The molecule has 1 aromatic heterocycles. The second-order valence-corrected chi connectivity index (χ2v) is 4.57. The molecule has 0 radical (unpaired) electrons. The lowest BCUT2D eigenvalue weighted by atomic mass is 10.2. The van der Waals surface area contributed by atoms with Gasteiger partial charge in [-0.1, -0.05) is 41.9 Å². The van der Waals surface area contributed by atoms with Crippen LogP contribution in [-0.2, 0) is 16.1 Å². The second-order valence-electron chi connectivity index (χ2n) is 4.21. The Kier molecular flexibility index (Phi) is 5.32. The van der Waals surface area contributed by atoms with Crippen molar-refractivity contribution in [2.24, 2.45) is 0 Å². The first-order valence-electron chi connectivity index (χ1n) is 6.32. The fourth-order valence-electron chi connectivity index (χ4n) is 1.61. The molecular weight excluding hydrogens is 308 g/mol. The van der Waals surface area contributed by atoms with Crippen LogP contribution in [0.5, 0.6) is 0 Å².